The van der Waals surface area contributed by atoms with Gasteiger partial charge in [-0.05, 0) is 6.92 Å². The zero-order valence-electron chi connectivity index (χ0n) is 15.8. The molecule has 0 aromatic carbocycles. The van der Waals surface area contributed by atoms with Gasteiger partial charge in [-0.2, -0.15) is 18.2 Å². The van der Waals surface area contributed by atoms with Gasteiger partial charge in [0.05, 0.1) is 5.01 Å². The molecule has 0 unspecified atom stereocenters. The highest BCUT2D eigenvalue weighted by molar-refractivity contribution is 14.0. The van der Waals surface area contributed by atoms with Crippen molar-refractivity contribution < 1.29 is 17.7 Å². The van der Waals surface area contributed by atoms with Crippen LogP contribution in [0.1, 0.15) is 49.1 Å². The number of hydrogen-bond acceptors (Lipinski definition) is 6. The second-order valence-corrected chi connectivity index (χ2v) is 6.96. The first kappa shape index (κ1) is 24.6. The van der Waals surface area contributed by atoms with Crippen molar-refractivity contribution >= 4 is 41.3 Å². The van der Waals surface area contributed by atoms with Gasteiger partial charge in [-0.25, -0.2) is 4.98 Å². The van der Waals surface area contributed by atoms with E-state index in [2.05, 4.69) is 30.8 Å². The third-order valence-electron chi connectivity index (χ3n) is 3.41. The summed E-state index contributed by atoms with van der Waals surface area (Å²) in [6.45, 7) is 7.45. The second-order valence-electron chi connectivity index (χ2n) is 6.01. The van der Waals surface area contributed by atoms with Gasteiger partial charge in [0.25, 0.3) is 0 Å². The number of halogens is 4. The summed E-state index contributed by atoms with van der Waals surface area (Å²) < 4.78 is 42.8. The summed E-state index contributed by atoms with van der Waals surface area (Å²) >= 11 is 0.992. The van der Waals surface area contributed by atoms with E-state index in [-0.39, 0.29) is 29.9 Å². The molecule has 0 aliphatic carbocycles. The third-order valence-corrected chi connectivity index (χ3v) is 4.32. The largest absolute Gasteiger partial charge is 0.434 e. The predicted octanol–water partition coefficient (Wildman–Crippen LogP) is 3.63. The molecule has 0 saturated heterocycles. The Labute approximate surface area is 182 Å². The average molecular weight is 532 g/mol. The van der Waals surface area contributed by atoms with E-state index in [4.69, 9.17) is 4.52 Å². The van der Waals surface area contributed by atoms with Crippen molar-refractivity contribution in [3.8, 4) is 0 Å². The van der Waals surface area contributed by atoms with Crippen LogP contribution in [-0.4, -0.2) is 40.7 Å². The average Bonchev–Trinajstić information content (AvgIpc) is 3.24. The van der Waals surface area contributed by atoms with E-state index in [1.54, 1.807) is 0 Å². The van der Waals surface area contributed by atoms with Gasteiger partial charge in [0.15, 0.2) is 17.5 Å². The molecular formula is C16H24F3IN6OS. The molecule has 12 heteroatoms. The first-order valence-corrected chi connectivity index (χ1v) is 9.53. The maximum Gasteiger partial charge on any atom is 0.434 e. The van der Waals surface area contributed by atoms with E-state index < -0.39 is 11.9 Å². The molecule has 0 aliphatic heterocycles. The van der Waals surface area contributed by atoms with Crippen LogP contribution < -0.4 is 10.6 Å². The molecule has 2 aromatic rings. The molecule has 0 saturated carbocycles. The molecule has 0 radical (unpaired) electrons. The molecule has 0 aliphatic rings. The Hall–Kier alpha value is -1.44. The highest BCUT2D eigenvalue weighted by atomic mass is 127. The molecule has 0 bridgehead atoms. The Morgan fingerprint density at radius 1 is 1.25 bits per heavy atom. The number of aliphatic imine (C=N–C) groups is 1. The molecule has 2 heterocycles. The summed E-state index contributed by atoms with van der Waals surface area (Å²) in [6.07, 6.45) is -3.51. The molecule has 28 heavy (non-hydrogen) atoms. The second kappa shape index (κ2) is 11.5. The Balaban J connectivity index is 0.00000392. The lowest BCUT2D eigenvalue weighted by molar-refractivity contribution is -0.140. The van der Waals surface area contributed by atoms with Crippen molar-refractivity contribution in [1.29, 1.82) is 0 Å². The SMILES string of the molecule is CCNC(=NCCc1nc(C(F)(F)F)cs1)NCCc1nc(C(C)C)no1.I. The molecule has 158 valence electrons. The summed E-state index contributed by atoms with van der Waals surface area (Å²) in [7, 11) is 0. The van der Waals surface area contributed by atoms with E-state index in [1.165, 1.54) is 0 Å². The first-order chi connectivity index (χ1) is 12.8. The first-order valence-electron chi connectivity index (χ1n) is 8.65. The zero-order valence-corrected chi connectivity index (χ0v) is 19.0. The van der Waals surface area contributed by atoms with Crippen LogP contribution in [0.3, 0.4) is 0 Å². The number of alkyl halides is 3. The molecule has 0 fully saturated rings. The van der Waals surface area contributed by atoms with Crippen LogP contribution in [0.25, 0.3) is 0 Å². The zero-order chi connectivity index (χ0) is 19.9. The summed E-state index contributed by atoms with van der Waals surface area (Å²) in [5.41, 5.74) is -0.850. The van der Waals surface area contributed by atoms with Crippen LogP contribution >= 0.6 is 35.3 Å². The number of hydrogen-bond donors (Lipinski definition) is 2. The minimum absolute atomic E-state index is 0. The van der Waals surface area contributed by atoms with Crippen LogP contribution in [0, 0.1) is 0 Å². The molecule has 7 nitrogen and oxygen atoms in total. The molecular weight excluding hydrogens is 508 g/mol. The number of aromatic nitrogens is 3. The Morgan fingerprint density at radius 3 is 2.57 bits per heavy atom. The lowest BCUT2D eigenvalue weighted by Crippen LogP contribution is -2.38. The van der Waals surface area contributed by atoms with Crippen LogP contribution in [0.4, 0.5) is 13.2 Å². The fraction of sp³-hybridized carbons (Fsp3) is 0.625. The van der Waals surface area contributed by atoms with E-state index in [9.17, 15) is 13.2 Å². The van der Waals surface area contributed by atoms with Gasteiger partial charge in [0.2, 0.25) is 5.89 Å². The molecule has 2 N–H and O–H groups in total. The van der Waals surface area contributed by atoms with Gasteiger partial charge in [0, 0.05) is 43.8 Å². The quantitative estimate of drug-likeness (QED) is 0.307. The van der Waals surface area contributed by atoms with Crippen molar-refractivity contribution in [2.24, 2.45) is 4.99 Å². The third kappa shape index (κ3) is 7.89. The Bertz CT molecular complexity index is 747. The van der Waals surface area contributed by atoms with Crippen molar-refractivity contribution in [3.63, 3.8) is 0 Å². The maximum atomic E-state index is 12.6. The number of nitrogens with one attached hydrogen (secondary N) is 2. The van der Waals surface area contributed by atoms with E-state index >= 15 is 0 Å². The van der Waals surface area contributed by atoms with Gasteiger partial charge in [-0.15, -0.1) is 35.3 Å². The standard InChI is InChI=1S/C16H23F3N6OS.HI/c1-4-20-15(21-7-5-12-24-14(10(2)3)25-26-12)22-8-6-13-23-11(9-27-13)16(17,18)19;/h9-10H,4-8H2,1-3H3,(H2,20,21,22);1H. The fourth-order valence-corrected chi connectivity index (χ4v) is 2.85. The summed E-state index contributed by atoms with van der Waals surface area (Å²) in [6, 6.07) is 0. The number of nitrogens with zero attached hydrogens (tertiary/aromatic N) is 4. The van der Waals surface area contributed by atoms with Gasteiger partial charge < -0.3 is 15.2 Å². The predicted molar refractivity (Wildman–Crippen MR) is 112 cm³/mol. The van der Waals surface area contributed by atoms with E-state index in [0.29, 0.717) is 55.2 Å². The molecule has 0 atom stereocenters. The Morgan fingerprint density at radius 2 is 2.00 bits per heavy atom. The van der Waals surface area contributed by atoms with Crippen molar-refractivity contribution in [1.82, 2.24) is 25.8 Å². The van der Waals surface area contributed by atoms with Gasteiger partial charge >= 0.3 is 6.18 Å². The lowest BCUT2D eigenvalue weighted by atomic mass is 10.2. The maximum absolute atomic E-state index is 12.6. The Kier molecular flexibility index (Phi) is 10.1. The minimum atomic E-state index is -4.40. The van der Waals surface area contributed by atoms with E-state index in [0.717, 1.165) is 16.7 Å². The minimum Gasteiger partial charge on any atom is -0.357 e. The van der Waals surface area contributed by atoms with Gasteiger partial charge in [-0.1, -0.05) is 19.0 Å². The van der Waals surface area contributed by atoms with Gasteiger partial charge in [-0.3, -0.25) is 4.99 Å². The van der Waals surface area contributed by atoms with Crippen molar-refractivity contribution in [3.05, 3.63) is 27.8 Å². The highest BCUT2D eigenvalue weighted by Gasteiger charge is 2.33. The topological polar surface area (TPSA) is 88.2 Å². The summed E-state index contributed by atoms with van der Waals surface area (Å²) in [5.74, 6) is 2.00. The van der Waals surface area contributed by atoms with Crippen LogP contribution in [0.2, 0.25) is 0 Å². The number of guanidine groups is 1. The fourth-order valence-electron chi connectivity index (χ4n) is 2.05. The van der Waals surface area contributed by atoms with Crippen LogP contribution in [0.15, 0.2) is 14.9 Å². The van der Waals surface area contributed by atoms with Crippen LogP contribution in [0.5, 0.6) is 0 Å². The van der Waals surface area contributed by atoms with Crippen LogP contribution in [-0.2, 0) is 19.0 Å². The van der Waals surface area contributed by atoms with Gasteiger partial charge in [0.1, 0.15) is 0 Å². The molecule has 0 spiro atoms. The number of rotatable bonds is 8. The molecule has 0 amide bonds. The highest BCUT2D eigenvalue weighted by Crippen LogP contribution is 2.30. The summed E-state index contributed by atoms with van der Waals surface area (Å²) in [4.78, 5) is 12.3. The normalized spacial score (nSPS) is 12.2. The smallest absolute Gasteiger partial charge is 0.357 e. The lowest BCUT2D eigenvalue weighted by Gasteiger charge is -2.10. The van der Waals surface area contributed by atoms with Crippen molar-refractivity contribution in [2.45, 2.75) is 45.7 Å². The summed E-state index contributed by atoms with van der Waals surface area (Å²) in [5, 5.41) is 11.6. The molecule has 2 rings (SSSR count). The van der Waals surface area contributed by atoms with E-state index in [1.807, 2.05) is 20.8 Å². The number of thiazole rings is 1. The monoisotopic (exact) mass is 532 g/mol. The van der Waals surface area contributed by atoms with Crippen molar-refractivity contribution in [2.75, 3.05) is 19.6 Å². The molecule has 2 aromatic heterocycles.